The van der Waals surface area contributed by atoms with Gasteiger partial charge in [0.2, 0.25) is 5.52 Å². The van der Waals surface area contributed by atoms with Gasteiger partial charge in [-0.2, -0.15) is 4.57 Å². The van der Waals surface area contributed by atoms with E-state index in [9.17, 15) is 0 Å². The second kappa shape index (κ2) is 11.4. The third kappa shape index (κ3) is 5.43. The maximum atomic E-state index is 2.36. The van der Waals surface area contributed by atoms with Gasteiger partial charge in [0.05, 0.1) is 0 Å². The van der Waals surface area contributed by atoms with E-state index < -0.39 is 0 Å². The lowest BCUT2D eigenvalue weighted by Gasteiger charge is -2.12. The van der Waals surface area contributed by atoms with Crippen molar-refractivity contribution < 1.29 is 4.57 Å². The standard InChI is InChI=1S/C18H19N2S.2C2H6/c1-3-20-16-11-7-8-12-17(16)21-18(20)13-14-19(2)15-9-5-4-6-10-15;2*1-2/h4-14H,3H2,1-2H3;2*1-2H3/q+1;;. The Morgan fingerprint density at radius 1 is 0.920 bits per heavy atom. The smallest absolute Gasteiger partial charge is 0.264 e. The molecule has 0 aliphatic heterocycles. The van der Waals surface area contributed by atoms with E-state index in [0.29, 0.717) is 0 Å². The average molecular weight is 356 g/mol. The highest BCUT2D eigenvalue weighted by molar-refractivity contribution is 7.18. The van der Waals surface area contributed by atoms with E-state index in [4.69, 9.17) is 0 Å². The van der Waals surface area contributed by atoms with Gasteiger partial charge in [-0.25, -0.2) is 0 Å². The van der Waals surface area contributed by atoms with Crippen LogP contribution < -0.4 is 9.47 Å². The van der Waals surface area contributed by atoms with E-state index in [1.165, 1.54) is 20.9 Å². The van der Waals surface area contributed by atoms with Gasteiger partial charge in [0.15, 0.2) is 0 Å². The molecule has 0 radical (unpaired) electrons. The molecule has 3 heteroatoms. The second-order valence-electron chi connectivity index (χ2n) is 4.91. The summed E-state index contributed by atoms with van der Waals surface area (Å²) < 4.78 is 3.69. The molecule has 0 amide bonds. The van der Waals surface area contributed by atoms with Crippen molar-refractivity contribution in [2.45, 2.75) is 41.2 Å². The number of hydrogen-bond donors (Lipinski definition) is 0. The van der Waals surface area contributed by atoms with Crippen LogP contribution in [0.4, 0.5) is 5.69 Å². The van der Waals surface area contributed by atoms with E-state index in [0.717, 1.165) is 6.54 Å². The van der Waals surface area contributed by atoms with Crippen LogP contribution in [0.15, 0.2) is 60.8 Å². The van der Waals surface area contributed by atoms with E-state index in [1.807, 2.05) is 45.1 Å². The molecule has 0 saturated heterocycles. The van der Waals surface area contributed by atoms with Crippen molar-refractivity contribution in [1.29, 1.82) is 0 Å². The normalized spacial score (nSPS) is 10.0. The highest BCUT2D eigenvalue weighted by Crippen LogP contribution is 2.21. The van der Waals surface area contributed by atoms with Gasteiger partial charge in [-0.05, 0) is 25.1 Å². The Morgan fingerprint density at radius 2 is 1.52 bits per heavy atom. The van der Waals surface area contributed by atoms with Crippen LogP contribution in [-0.2, 0) is 6.54 Å². The Kier molecular flexibility index (Phi) is 9.56. The Balaban J connectivity index is 0.000000730. The predicted molar refractivity (Wildman–Crippen MR) is 114 cm³/mol. The van der Waals surface area contributed by atoms with Crippen LogP contribution in [0.2, 0.25) is 0 Å². The zero-order valence-electron chi connectivity index (χ0n) is 16.4. The maximum absolute atomic E-state index is 2.36. The molecule has 1 heterocycles. The minimum absolute atomic E-state index is 0.985. The fourth-order valence-electron chi connectivity index (χ4n) is 2.43. The largest absolute Gasteiger partial charge is 0.351 e. The molecule has 25 heavy (non-hydrogen) atoms. The van der Waals surface area contributed by atoms with Crippen molar-refractivity contribution in [3.05, 3.63) is 65.8 Å². The summed E-state index contributed by atoms with van der Waals surface area (Å²) in [5, 5.41) is 1.28. The number of benzene rings is 2. The lowest BCUT2D eigenvalue weighted by Crippen LogP contribution is -2.33. The molecule has 0 aliphatic carbocycles. The van der Waals surface area contributed by atoms with Crippen molar-refractivity contribution in [2.75, 3.05) is 11.9 Å². The Morgan fingerprint density at radius 3 is 2.16 bits per heavy atom. The molecule has 2 nitrogen and oxygen atoms in total. The Labute approximate surface area is 157 Å². The summed E-state index contributed by atoms with van der Waals surface area (Å²) in [7, 11) is 2.08. The Hall–Kier alpha value is -2.13. The van der Waals surface area contributed by atoms with Crippen molar-refractivity contribution in [2.24, 2.45) is 0 Å². The topological polar surface area (TPSA) is 7.12 Å². The number of thiazole rings is 1. The third-order valence-corrected chi connectivity index (χ3v) is 4.69. The molecular formula is C22H31N2S+. The van der Waals surface area contributed by atoms with Crippen molar-refractivity contribution in [3.8, 4) is 0 Å². The minimum Gasteiger partial charge on any atom is -0.351 e. The first-order valence-electron chi connectivity index (χ1n) is 9.17. The summed E-state index contributed by atoms with van der Waals surface area (Å²) >= 11 is 1.84. The quantitative estimate of drug-likeness (QED) is 0.493. The van der Waals surface area contributed by atoms with Crippen molar-refractivity contribution in [3.63, 3.8) is 0 Å². The van der Waals surface area contributed by atoms with E-state index in [1.54, 1.807) is 0 Å². The molecule has 134 valence electrons. The first kappa shape index (κ1) is 20.9. The fraction of sp³-hybridized carbons (Fsp3) is 0.318. The fourth-order valence-corrected chi connectivity index (χ4v) is 3.55. The number of aromatic nitrogens is 1. The molecule has 0 aliphatic rings. The maximum Gasteiger partial charge on any atom is 0.264 e. The highest BCUT2D eigenvalue weighted by atomic mass is 32.1. The number of aryl methyl sites for hydroxylation is 1. The summed E-state index contributed by atoms with van der Waals surface area (Å²) in [6.07, 6.45) is 4.33. The monoisotopic (exact) mass is 355 g/mol. The third-order valence-electron chi connectivity index (χ3n) is 3.56. The molecular weight excluding hydrogens is 324 g/mol. The molecule has 0 unspecified atom stereocenters. The van der Waals surface area contributed by atoms with E-state index >= 15 is 0 Å². The van der Waals surface area contributed by atoms with Gasteiger partial charge in [-0.1, -0.05) is 69.4 Å². The molecule has 1 aromatic heterocycles. The van der Waals surface area contributed by atoms with Gasteiger partial charge < -0.3 is 4.90 Å². The van der Waals surface area contributed by atoms with Crippen LogP contribution in [-0.4, -0.2) is 7.05 Å². The van der Waals surface area contributed by atoms with Crippen molar-refractivity contribution >= 4 is 33.3 Å². The summed E-state index contributed by atoms with van der Waals surface area (Å²) in [5.41, 5.74) is 2.50. The van der Waals surface area contributed by atoms with E-state index in [2.05, 4.69) is 84.2 Å². The number of fused-ring (bicyclic) bond motifs is 1. The molecule has 0 saturated carbocycles. The number of anilines is 1. The first-order valence-corrected chi connectivity index (χ1v) is 9.98. The number of hydrogen-bond acceptors (Lipinski definition) is 2. The molecule has 0 atom stereocenters. The number of rotatable bonds is 4. The Bertz CT molecular complexity index is 760. The van der Waals surface area contributed by atoms with Gasteiger partial charge in [-0.15, -0.1) is 0 Å². The van der Waals surface area contributed by atoms with Crippen LogP contribution in [0.3, 0.4) is 0 Å². The zero-order chi connectivity index (χ0) is 18.7. The summed E-state index contributed by atoms with van der Waals surface area (Å²) in [5.74, 6) is 0. The molecule has 3 rings (SSSR count). The molecule has 2 aromatic carbocycles. The van der Waals surface area contributed by atoms with Crippen LogP contribution in [0, 0.1) is 0 Å². The van der Waals surface area contributed by atoms with Crippen LogP contribution in [0.25, 0.3) is 16.3 Å². The van der Waals surface area contributed by atoms with Gasteiger partial charge >= 0.3 is 0 Å². The summed E-state index contributed by atoms with van der Waals surface area (Å²) in [6.45, 7) is 11.2. The van der Waals surface area contributed by atoms with Gasteiger partial charge in [0, 0.05) is 31.1 Å². The SMILES string of the molecule is CC.CC.CC[n+]1c(C=CN(C)c2ccccc2)sc2ccccc21. The predicted octanol–water partition coefficient (Wildman–Crippen LogP) is 6.37. The molecule has 0 fully saturated rings. The van der Waals surface area contributed by atoms with Gasteiger partial charge in [0.1, 0.15) is 11.2 Å². The van der Waals surface area contributed by atoms with Gasteiger partial charge in [0.25, 0.3) is 5.01 Å². The molecule has 3 aromatic rings. The van der Waals surface area contributed by atoms with E-state index in [-0.39, 0.29) is 0 Å². The molecule has 0 bridgehead atoms. The second-order valence-corrected chi connectivity index (χ2v) is 5.98. The zero-order valence-corrected chi connectivity index (χ0v) is 17.2. The lowest BCUT2D eigenvalue weighted by atomic mass is 10.3. The lowest BCUT2D eigenvalue weighted by molar-refractivity contribution is -0.665. The van der Waals surface area contributed by atoms with Crippen LogP contribution >= 0.6 is 11.3 Å². The molecule has 0 N–H and O–H groups in total. The highest BCUT2D eigenvalue weighted by Gasteiger charge is 2.15. The van der Waals surface area contributed by atoms with Gasteiger partial charge in [-0.3, -0.25) is 0 Å². The van der Waals surface area contributed by atoms with Crippen molar-refractivity contribution in [1.82, 2.24) is 0 Å². The van der Waals surface area contributed by atoms with Crippen LogP contribution in [0.5, 0.6) is 0 Å². The minimum atomic E-state index is 0.985. The first-order chi connectivity index (χ1) is 12.3. The molecule has 0 spiro atoms. The number of para-hydroxylation sites is 2. The average Bonchev–Trinajstić information content (AvgIpc) is 3.07. The number of nitrogens with zero attached hydrogens (tertiary/aromatic N) is 2. The summed E-state index contributed by atoms with van der Waals surface area (Å²) in [6, 6.07) is 19.0. The summed E-state index contributed by atoms with van der Waals surface area (Å²) in [4.78, 5) is 2.14. The van der Waals surface area contributed by atoms with Crippen LogP contribution in [0.1, 0.15) is 39.6 Å².